The number of hydrogen-bond acceptors (Lipinski definition) is 11. The van der Waals surface area contributed by atoms with Crippen molar-refractivity contribution < 1.29 is 9.53 Å². The number of likely N-dealkylation sites (N-methyl/N-ethyl adjacent to an activating group) is 2. The third-order valence-electron chi connectivity index (χ3n) is 7.39. The number of anilines is 5. The fraction of sp³-hybridized carbons (Fsp3) is 0.286. The van der Waals surface area contributed by atoms with Crippen LogP contribution in [0.3, 0.4) is 0 Å². The number of rotatable bonds is 8. The van der Waals surface area contributed by atoms with Crippen LogP contribution in [-0.2, 0) is 0 Å². The Morgan fingerprint density at radius 1 is 1.14 bits per heavy atom. The molecule has 4 N–H and O–H groups in total. The summed E-state index contributed by atoms with van der Waals surface area (Å²) in [6.45, 7) is 3.67. The number of carbonyl (C=O) groups is 1. The van der Waals surface area contributed by atoms with Gasteiger partial charge in [-0.15, -0.1) is 10.2 Å². The number of nitrogens with two attached hydrogens (primary N) is 1. The van der Waals surface area contributed by atoms with Crippen LogP contribution in [0.25, 0.3) is 11.3 Å². The first-order valence-corrected chi connectivity index (χ1v) is 13.5. The Morgan fingerprint density at radius 3 is 2.74 bits per heavy atom. The van der Waals surface area contributed by atoms with Crippen LogP contribution in [0.15, 0.2) is 54.7 Å². The SMILES string of the molecule is COc1cc(Nc2cc(Nc3cccc(C(=O)N(C)C4CCN(C)C4)c3)c3ncc(N)n3n2)cc(-n2nnnc2C)c1. The molecule has 1 atom stereocenters. The Bertz CT molecular complexity index is 1760. The molecule has 14 nitrogen and oxygen atoms in total. The largest absolute Gasteiger partial charge is 0.497 e. The van der Waals surface area contributed by atoms with Gasteiger partial charge in [0.15, 0.2) is 17.3 Å². The van der Waals surface area contributed by atoms with Gasteiger partial charge in [0.05, 0.1) is 24.7 Å². The van der Waals surface area contributed by atoms with Gasteiger partial charge < -0.3 is 30.9 Å². The average molecular weight is 569 g/mol. The highest BCUT2D eigenvalue weighted by molar-refractivity contribution is 5.95. The standard InChI is InChI=1S/C28H32N12O2/c1-17-33-35-36-39(17)22-11-20(12-23(13-22)42-4)32-26-14-24(27-30-15-25(29)40(27)34-26)31-19-7-5-6-18(10-19)28(41)38(3)21-8-9-37(2)16-21/h5-7,10-15,21,31H,8-9,16,29H2,1-4H3,(H,32,34). The summed E-state index contributed by atoms with van der Waals surface area (Å²) in [5.74, 6) is 2.10. The van der Waals surface area contributed by atoms with Crippen molar-refractivity contribution in [2.45, 2.75) is 19.4 Å². The van der Waals surface area contributed by atoms with E-state index in [1.807, 2.05) is 67.4 Å². The highest BCUT2D eigenvalue weighted by Crippen LogP contribution is 2.30. The van der Waals surface area contributed by atoms with E-state index in [9.17, 15) is 4.79 Å². The molecule has 1 unspecified atom stereocenters. The van der Waals surface area contributed by atoms with Crippen molar-refractivity contribution in [1.82, 2.24) is 44.6 Å². The summed E-state index contributed by atoms with van der Waals surface area (Å²) in [6.07, 6.45) is 2.52. The quantitative estimate of drug-likeness (QED) is 0.253. The van der Waals surface area contributed by atoms with Crippen LogP contribution < -0.4 is 21.1 Å². The van der Waals surface area contributed by atoms with Crippen LogP contribution in [0.4, 0.5) is 28.7 Å². The highest BCUT2D eigenvalue weighted by atomic mass is 16.5. The number of ether oxygens (including phenoxy) is 1. The predicted octanol–water partition coefficient (Wildman–Crippen LogP) is 2.87. The third kappa shape index (κ3) is 5.26. The van der Waals surface area contributed by atoms with Gasteiger partial charge in [-0.05, 0) is 61.6 Å². The number of fused-ring (bicyclic) bond motifs is 1. The van der Waals surface area contributed by atoms with Gasteiger partial charge >= 0.3 is 0 Å². The van der Waals surface area contributed by atoms with E-state index in [-0.39, 0.29) is 11.9 Å². The van der Waals surface area contributed by atoms with E-state index in [4.69, 9.17) is 10.5 Å². The maximum atomic E-state index is 13.3. The lowest BCUT2D eigenvalue weighted by molar-refractivity contribution is 0.0737. The zero-order valence-electron chi connectivity index (χ0n) is 23.8. The smallest absolute Gasteiger partial charge is 0.253 e. The van der Waals surface area contributed by atoms with Crippen molar-refractivity contribution in [3.63, 3.8) is 0 Å². The van der Waals surface area contributed by atoms with E-state index in [1.54, 1.807) is 22.5 Å². The molecule has 6 rings (SSSR count). The second-order valence-electron chi connectivity index (χ2n) is 10.4. The Balaban J connectivity index is 1.30. The molecule has 0 spiro atoms. The Morgan fingerprint density at radius 2 is 2.00 bits per heavy atom. The van der Waals surface area contributed by atoms with Crippen molar-refractivity contribution in [2.24, 2.45) is 0 Å². The molecule has 2 aromatic carbocycles. The van der Waals surface area contributed by atoms with E-state index in [0.717, 1.165) is 30.9 Å². The molecule has 0 saturated carbocycles. The highest BCUT2D eigenvalue weighted by Gasteiger charge is 2.27. The molecule has 0 radical (unpaired) electrons. The monoisotopic (exact) mass is 568 g/mol. The fourth-order valence-electron chi connectivity index (χ4n) is 5.14. The number of carbonyl (C=O) groups excluding carboxylic acids is 1. The first kappa shape index (κ1) is 27.0. The summed E-state index contributed by atoms with van der Waals surface area (Å²) in [6, 6.07) is 15.0. The summed E-state index contributed by atoms with van der Waals surface area (Å²) in [5.41, 5.74) is 10.1. The predicted molar refractivity (Wildman–Crippen MR) is 159 cm³/mol. The van der Waals surface area contributed by atoms with Gasteiger partial charge in [0.2, 0.25) is 0 Å². The normalized spacial score (nSPS) is 15.2. The van der Waals surface area contributed by atoms with E-state index < -0.39 is 0 Å². The maximum absolute atomic E-state index is 13.3. The molecule has 5 aromatic rings. The molecule has 42 heavy (non-hydrogen) atoms. The van der Waals surface area contributed by atoms with E-state index in [1.165, 1.54) is 0 Å². The number of nitrogens with one attached hydrogen (secondary N) is 2. The molecule has 14 heteroatoms. The minimum absolute atomic E-state index is 0.0158. The number of methoxy groups -OCH3 is 1. The van der Waals surface area contributed by atoms with Crippen molar-refractivity contribution in [3.05, 3.63) is 66.1 Å². The van der Waals surface area contributed by atoms with Crippen molar-refractivity contribution in [3.8, 4) is 11.4 Å². The minimum Gasteiger partial charge on any atom is -0.497 e. The maximum Gasteiger partial charge on any atom is 0.253 e. The van der Waals surface area contributed by atoms with Gasteiger partial charge in [-0.3, -0.25) is 4.79 Å². The van der Waals surface area contributed by atoms with Crippen LogP contribution in [0.1, 0.15) is 22.6 Å². The second-order valence-corrected chi connectivity index (χ2v) is 10.4. The van der Waals surface area contributed by atoms with Crippen LogP contribution >= 0.6 is 0 Å². The van der Waals surface area contributed by atoms with Gasteiger partial charge in [0.25, 0.3) is 5.91 Å². The molecule has 4 heterocycles. The lowest BCUT2D eigenvalue weighted by Crippen LogP contribution is -2.38. The summed E-state index contributed by atoms with van der Waals surface area (Å²) in [7, 11) is 5.54. The number of nitrogen functional groups attached to an aromatic ring is 1. The van der Waals surface area contributed by atoms with E-state index in [2.05, 4.69) is 48.2 Å². The molecule has 216 valence electrons. The lowest BCUT2D eigenvalue weighted by Gasteiger charge is -2.24. The van der Waals surface area contributed by atoms with Crippen LogP contribution in [0, 0.1) is 6.92 Å². The number of tetrazole rings is 1. The van der Waals surface area contributed by atoms with E-state index >= 15 is 0 Å². The molecule has 0 bridgehead atoms. The summed E-state index contributed by atoms with van der Waals surface area (Å²) in [4.78, 5) is 21.8. The van der Waals surface area contributed by atoms with E-state index in [0.29, 0.717) is 45.8 Å². The number of likely N-dealkylation sites (tertiary alicyclic amines) is 1. The van der Waals surface area contributed by atoms with Gasteiger partial charge in [-0.2, -0.15) is 9.20 Å². The molecule has 0 aliphatic carbocycles. The number of benzene rings is 2. The van der Waals surface area contributed by atoms with Crippen LogP contribution in [-0.4, -0.2) is 90.8 Å². The first-order valence-electron chi connectivity index (χ1n) is 13.5. The number of aryl methyl sites for hydroxylation is 1. The minimum atomic E-state index is -0.0158. The van der Waals surface area contributed by atoms with Gasteiger partial charge in [-0.25, -0.2) is 4.98 Å². The summed E-state index contributed by atoms with van der Waals surface area (Å²) >= 11 is 0. The number of nitrogens with zero attached hydrogens (tertiary/aromatic N) is 9. The topological polar surface area (TPSA) is 157 Å². The number of aromatic nitrogens is 7. The summed E-state index contributed by atoms with van der Waals surface area (Å²) in [5, 5.41) is 23.2. The molecular formula is C28H32N12O2. The average Bonchev–Trinajstić information content (AvgIpc) is 3.72. The first-order chi connectivity index (χ1) is 20.3. The van der Waals surface area contributed by atoms with Gasteiger partial charge in [-0.1, -0.05) is 6.07 Å². The Kier molecular flexibility index (Phi) is 7.04. The van der Waals surface area contributed by atoms with Crippen LogP contribution in [0.2, 0.25) is 0 Å². The Hall–Kier alpha value is -5.24. The van der Waals surface area contributed by atoms with Crippen LogP contribution in [0.5, 0.6) is 5.75 Å². The Labute approximate surface area is 242 Å². The van der Waals surface area contributed by atoms with Crippen molar-refractivity contribution in [1.29, 1.82) is 0 Å². The van der Waals surface area contributed by atoms with Crippen molar-refractivity contribution in [2.75, 3.05) is 50.7 Å². The second kappa shape index (κ2) is 11.0. The molecule has 1 aliphatic rings. The molecule has 1 saturated heterocycles. The van der Waals surface area contributed by atoms with Gasteiger partial charge in [0, 0.05) is 54.8 Å². The number of imidazole rings is 1. The fourth-order valence-corrected chi connectivity index (χ4v) is 5.14. The van der Waals surface area contributed by atoms with Crippen molar-refractivity contribution >= 4 is 40.3 Å². The van der Waals surface area contributed by atoms with Gasteiger partial charge in [0.1, 0.15) is 11.6 Å². The number of hydrogen-bond donors (Lipinski definition) is 3. The molecule has 3 aromatic heterocycles. The third-order valence-corrected chi connectivity index (χ3v) is 7.39. The molecule has 1 aliphatic heterocycles. The molecule has 1 fully saturated rings. The summed E-state index contributed by atoms with van der Waals surface area (Å²) < 4.78 is 8.68. The zero-order chi connectivity index (χ0) is 29.4. The zero-order valence-corrected chi connectivity index (χ0v) is 23.8. The molecule has 1 amide bonds. The number of amides is 1. The lowest BCUT2D eigenvalue weighted by atomic mass is 10.1. The molecular weight excluding hydrogens is 536 g/mol.